The van der Waals surface area contributed by atoms with Gasteiger partial charge >= 0.3 is 0 Å². The number of rotatable bonds is 6. The molecule has 1 amide bonds. The number of nitrogens with one attached hydrogen (secondary N) is 2. The van der Waals surface area contributed by atoms with Crippen molar-refractivity contribution >= 4 is 5.91 Å². The summed E-state index contributed by atoms with van der Waals surface area (Å²) in [6.07, 6.45) is 1.59. The van der Waals surface area contributed by atoms with Crippen LogP contribution in [-0.4, -0.2) is 28.2 Å². The zero-order chi connectivity index (χ0) is 15.3. The van der Waals surface area contributed by atoms with Crippen molar-refractivity contribution in [2.24, 2.45) is 5.73 Å². The highest BCUT2D eigenvalue weighted by molar-refractivity contribution is 5.93. The number of amides is 1. The summed E-state index contributed by atoms with van der Waals surface area (Å²) in [5.74, 6) is -0.168. The van der Waals surface area contributed by atoms with Crippen molar-refractivity contribution in [2.75, 3.05) is 6.54 Å². The van der Waals surface area contributed by atoms with E-state index in [2.05, 4.69) is 15.5 Å². The van der Waals surface area contributed by atoms with Crippen molar-refractivity contribution in [3.63, 3.8) is 0 Å². The maximum atomic E-state index is 12.3. The van der Waals surface area contributed by atoms with E-state index in [1.54, 1.807) is 6.07 Å². The van der Waals surface area contributed by atoms with E-state index in [4.69, 9.17) is 5.73 Å². The quantitative estimate of drug-likeness (QED) is 0.762. The fourth-order valence-corrected chi connectivity index (χ4v) is 2.27. The number of hydrogen-bond acceptors (Lipinski definition) is 3. The number of carbonyl (C=O) groups is 1. The Balaban J connectivity index is 2.16. The van der Waals surface area contributed by atoms with Gasteiger partial charge in [-0.3, -0.25) is 9.89 Å². The maximum Gasteiger partial charge on any atom is 0.269 e. The van der Waals surface area contributed by atoms with Crippen molar-refractivity contribution in [1.29, 1.82) is 0 Å². The van der Waals surface area contributed by atoms with Gasteiger partial charge in [-0.1, -0.05) is 44.2 Å². The van der Waals surface area contributed by atoms with E-state index in [0.717, 1.165) is 24.1 Å². The number of benzene rings is 1. The molecule has 1 heterocycles. The standard InChI is InChI=1S/C16H22N4O/c1-3-16(4-2,11-17)18-15(21)14-10-13(19-20-14)12-8-6-5-7-9-12/h5-10H,3-4,11,17H2,1-2H3,(H,18,21)(H,19,20). The summed E-state index contributed by atoms with van der Waals surface area (Å²) in [5.41, 5.74) is 7.64. The molecule has 0 spiro atoms. The first-order valence-electron chi connectivity index (χ1n) is 7.27. The van der Waals surface area contributed by atoms with Crippen molar-refractivity contribution in [2.45, 2.75) is 32.2 Å². The van der Waals surface area contributed by atoms with Crippen LogP contribution in [0.25, 0.3) is 11.3 Å². The lowest BCUT2D eigenvalue weighted by Crippen LogP contribution is -2.52. The molecule has 0 saturated carbocycles. The van der Waals surface area contributed by atoms with Gasteiger partial charge in [0.25, 0.3) is 5.91 Å². The first-order chi connectivity index (χ1) is 10.1. The number of H-pyrrole nitrogens is 1. The first kappa shape index (κ1) is 15.3. The van der Waals surface area contributed by atoms with Crippen LogP contribution >= 0.6 is 0 Å². The Labute approximate surface area is 124 Å². The van der Waals surface area contributed by atoms with Crippen molar-refractivity contribution < 1.29 is 4.79 Å². The third kappa shape index (κ3) is 3.31. The molecule has 5 nitrogen and oxygen atoms in total. The van der Waals surface area contributed by atoms with Crippen LogP contribution in [0, 0.1) is 0 Å². The van der Waals surface area contributed by atoms with Gasteiger partial charge in [-0.2, -0.15) is 5.10 Å². The van der Waals surface area contributed by atoms with E-state index in [-0.39, 0.29) is 11.4 Å². The monoisotopic (exact) mass is 286 g/mol. The molecule has 1 aromatic heterocycles. The summed E-state index contributed by atoms with van der Waals surface area (Å²) in [7, 11) is 0. The van der Waals surface area contributed by atoms with E-state index in [1.807, 2.05) is 44.2 Å². The Morgan fingerprint density at radius 3 is 2.52 bits per heavy atom. The lowest BCUT2D eigenvalue weighted by Gasteiger charge is -2.31. The molecule has 0 bridgehead atoms. The summed E-state index contributed by atoms with van der Waals surface area (Å²) in [6, 6.07) is 11.5. The Morgan fingerprint density at radius 2 is 1.95 bits per heavy atom. The average Bonchev–Trinajstić information content (AvgIpc) is 3.04. The molecule has 0 aliphatic heterocycles. The van der Waals surface area contributed by atoms with Gasteiger partial charge in [0, 0.05) is 12.1 Å². The molecule has 0 aliphatic rings. The van der Waals surface area contributed by atoms with Gasteiger partial charge in [-0.25, -0.2) is 0 Å². The highest BCUT2D eigenvalue weighted by Gasteiger charge is 2.27. The maximum absolute atomic E-state index is 12.3. The second-order valence-electron chi connectivity index (χ2n) is 5.18. The van der Waals surface area contributed by atoms with E-state index in [9.17, 15) is 4.79 Å². The minimum atomic E-state index is -0.352. The van der Waals surface area contributed by atoms with Gasteiger partial charge in [-0.15, -0.1) is 0 Å². The predicted octanol–water partition coefficient (Wildman–Crippen LogP) is 2.32. The lowest BCUT2D eigenvalue weighted by atomic mass is 9.93. The number of aromatic amines is 1. The third-order valence-corrected chi connectivity index (χ3v) is 4.02. The fraction of sp³-hybridized carbons (Fsp3) is 0.375. The second kappa shape index (κ2) is 6.54. The lowest BCUT2D eigenvalue weighted by molar-refractivity contribution is 0.0890. The SMILES string of the molecule is CCC(CC)(CN)NC(=O)c1cc(-c2ccccc2)n[nH]1. The fourth-order valence-electron chi connectivity index (χ4n) is 2.27. The van der Waals surface area contributed by atoms with Crippen LogP contribution in [0.3, 0.4) is 0 Å². The number of hydrogen-bond donors (Lipinski definition) is 3. The van der Waals surface area contributed by atoms with Crippen molar-refractivity contribution in [3.8, 4) is 11.3 Å². The highest BCUT2D eigenvalue weighted by atomic mass is 16.2. The van der Waals surface area contributed by atoms with Gasteiger partial charge in [0.05, 0.1) is 11.2 Å². The zero-order valence-corrected chi connectivity index (χ0v) is 12.5. The second-order valence-corrected chi connectivity index (χ2v) is 5.18. The highest BCUT2D eigenvalue weighted by Crippen LogP contribution is 2.18. The average molecular weight is 286 g/mol. The van der Waals surface area contributed by atoms with Crippen LogP contribution in [0.1, 0.15) is 37.2 Å². The molecule has 5 heteroatoms. The Kier molecular flexibility index (Phi) is 4.75. The first-order valence-corrected chi connectivity index (χ1v) is 7.27. The minimum absolute atomic E-state index is 0.168. The van der Waals surface area contributed by atoms with Gasteiger partial charge in [-0.05, 0) is 18.9 Å². The molecule has 0 fully saturated rings. The van der Waals surface area contributed by atoms with Gasteiger partial charge < -0.3 is 11.1 Å². The number of nitrogens with two attached hydrogens (primary N) is 1. The number of nitrogens with zero attached hydrogens (tertiary/aromatic N) is 1. The normalized spacial score (nSPS) is 11.4. The molecule has 0 unspecified atom stereocenters. The Bertz CT molecular complexity index is 579. The van der Waals surface area contributed by atoms with Gasteiger partial charge in [0.15, 0.2) is 0 Å². The molecule has 2 aromatic rings. The van der Waals surface area contributed by atoms with Crippen LogP contribution in [0.2, 0.25) is 0 Å². The summed E-state index contributed by atoms with van der Waals surface area (Å²) in [5, 5.41) is 10.0. The van der Waals surface area contributed by atoms with Gasteiger partial charge in [0.2, 0.25) is 0 Å². The van der Waals surface area contributed by atoms with E-state index < -0.39 is 0 Å². The summed E-state index contributed by atoms with van der Waals surface area (Å²) in [6.45, 7) is 4.48. The zero-order valence-electron chi connectivity index (χ0n) is 12.5. The molecule has 0 radical (unpaired) electrons. The molecule has 112 valence electrons. The smallest absolute Gasteiger partial charge is 0.269 e. The van der Waals surface area contributed by atoms with Crippen LogP contribution in [0.5, 0.6) is 0 Å². The van der Waals surface area contributed by atoms with E-state index >= 15 is 0 Å². The summed E-state index contributed by atoms with van der Waals surface area (Å²) < 4.78 is 0. The number of carbonyl (C=O) groups excluding carboxylic acids is 1. The number of aromatic nitrogens is 2. The Morgan fingerprint density at radius 1 is 1.29 bits per heavy atom. The Hall–Kier alpha value is -2.14. The van der Waals surface area contributed by atoms with Crippen LogP contribution in [0.15, 0.2) is 36.4 Å². The molecule has 1 aromatic carbocycles. The van der Waals surface area contributed by atoms with E-state index in [1.165, 1.54) is 0 Å². The summed E-state index contributed by atoms with van der Waals surface area (Å²) in [4.78, 5) is 12.3. The van der Waals surface area contributed by atoms with Crippen LogP contribution < -0.4 is 11.1 Å². The van der Waals surface area contributed by atoms with Crippen LogP contribution in [-0.2, 0) is 0 Å². The molecule has 21 heavy (non-hydrogen) atoms. The minimum Gasteiger partial charge on any atom is -0.344 e. The van der Waals surface area contributed by atoms with Crippen LogP contribution in [0.4, 0.5) is 0 Å². The predicted molar refractivity (Wildman–Crippen MR) is 83.9 cm³/mol. The molecule has 2 rings (SSSR count). The largest absolute Gasteiger partial charge is 0.344 e. The molecular weight excluding hydrogens is 264 g/mol. The molecular formula is C16H22N4O. The molecule has 4 N–H and O–H groups in total. The third-order valence-electron chi connectivity index (χ3n) is 4.02. The van der Waals surface area contributed by atoms with Crippen molar-refractivity contribution in [1.82, 2.24) is 15.5 Å². The topological polar surface area (TPSA) is 83.8 Å². The molecule has 0 aliphatic carbocycles. The van der Waals surface area contributed by atoms with E-state index in [0.29, 0.717) is 12.2 Å². The summed E-state index contributed by atoms with van der Waals surface area (Å²) >= 11 is 0. The molecule has 0 atom stereocenters. The molecule has 0 saturated heterocycles. The van der Waals surface area contributed by atoms with Crippen molar-refractivity contribution in [3.05, 3.63) is 42.1 Å². The van der Waals surface area contributed by atoms with Gasteiger partial charge in [0.1, 0.15) is 5.69 Å².